The van der Waals surface area contributed by atoms with E-state index in [1.165, 1.54) is 41.3 Å². The van der Waals surface area contributed by atoms with Gasteiger partial charge in [0.2, 0.25) is 9.84 Å². The van der Waals surface area contributed by atoms with Crippen LogP contribution in [0.3, 0.4) is 0 Å². The van der Waals surface area contributed by atoms with Crippen molar-refractivity contribution in [3.63, 3.8) is 0 Å². The van der Waals surface area contributed by atoms with E-state index in [-0.39, 0.29) is 50.7 Å². The zero-order valence-corrected chi connectivity index (χ0v) is 21.3. The third-order valence-corrected chi connectivity index (χ3v) is 9.00. The number of hydrogen-bond acceptors (Lipinski definition) is 5. The van der Waals surface area contributed by atoms with Gasteiger partial charge in [0.25, 0.3) is 11.8 Å². The Balaban J connectivity index is 1.56. The molecule has 0 unspecified atom stereocenters. The van der Waals surface area contributed by atoms with Gasteiger partial charge in [-0.15, -0.1) is 0 Å². The van der Waals surface area contributed by atoms with Crippen LogP contribution in [0.25, 0.3) is 0 Å². The summed E-state index contributed by atoms with van der Waals surface area (Å²) in [4.78, 5) is 30.1. The van der Waals surface area contributed by atoms with E-state index in [0.717, 1.165) is 25.9 Å². The van der Waals surface area contributed by atoms with E-state index < -0.39 is 21.6 Å². The van der Waals surface area contributed by atoms with Gasteiger partial charge in [0.1, 0.15) is 5.82 Å². The lowest BCUT2D eigenvalue weighted by molar-refractivity contribution is 0.0938. The number of nitrogens with zero attached hydrogens (tertiary/aromatic N) is 2. The van der Waals surface area contributed by atoms with Crippen molar-refractivity contribution in [3.8, 4) is 0 Å². The second-order valence-corrected chi connectivity index (χ2v) is 11.2. The molecule has 3 aromatic carbocycles. The number of benzene rings is 3. The van der Waals surface area contributed by atoms with E-state index in [4.69, 9.17) is 0 Å². The number of nitrogens with one attached hydrogen (secondary N) is 1. The molecule has 2 aliphatic heterocycles. The van der Waals surface area contributed by atoms with Crippen LogP contribution in [0.2, 0.25) is 0 Å². The fourth-order valence-corrected chi connectivity index (χ4v) is 6.79. The average molecular weight is 522 g/mol. The van der Waals surface area contributed by atoms with E-state index in [1.54, 1.807) is 30.3 Å². The van der Waals surface area contributed by atoms with Crippen molar-refractivity contribution in [2.24, 2.45) is 0 Å². The molecule has 9 heteroatoms. The molecule has 192 valence electrons. The lowest BCUT2D eigenvalue weighted by atomic mass is 10.1. The molecule has 1 atom stereocenters. The molecule has 1 saturated heterocycles. The van der Waals surface area contributed by atoms with Crippen LogP contribution in [0, 0.1) is 5.82 Å². The molecule has 0 spiro atoms. The number of likely N-dealkylation sites (tertiary alicyclic amines) is 1. The van der Waals surface area contributed by atoms with Crippen LogP contribution < -0.4 is 10.2 Å². The lowest BCUT2D eigenvalue weighted by Crippen LogP contribution is -2.40. The van der Waals surface area contributed by atoms with Gasteiger partial charge in [0, 0.05) is 23.7 Å². The largest absolute Gasteiger partial charge is 0.350 e. The summed E-state index contributed by atoms with van der Waals surface area (Å²) < 4.78 is 41.8. The van der Waals surface area contributed by atoms with Crippen molar-refractivity contribution in [1.29, 1.82) is 0 Å². The van der Waals surface area contributed by atoms with Crippen molar-refractivity contribution >= 4 is 27.3 Å². The van der Waals surface area contributed by atoms with Crippen LogP contribution in [0.4, 0.5) is 10.1 Å². The first-order valence-electron chi connectivity index (χ1n) is 12.4. The van der Waals surface area contributed by atoms with Gasteiger partial charge >= 0.3 is 0 Å². The number of halogens is 1. The molecule has 2 aliphatic rings. The SMILES string of the molecule is CCN1CCC[C@H]1CNC(=O)c1ccc2c(c1)N(Cc1ccccc1F)C(=O)c1ccccc1S2(=O)=O. The normalized spacial score (nSPS) is 18.7. The highest BCUT2D eigenvalue weighted by molar-refractivity contribution is 7.91. The molecular formula is C28H28FN3O4S. The van der Waals surface area contributed by atoms with E-state index in [0.29, 0.717) is 6.54 Å². The first-order chi connectivity index (χ1) is 17.8. The van der Waals surface area contributed by atoms with Crippen LogP contribution in [0.1, 0.15) is 46.0 Å². The second-order valence-electron chi connectivity index (χ2n) is 9.30. The van der Waals surface area contributed by atoms with Gasteiger partial charge in [-0.3, -0.25) is 14.5 Å². The lowest BCUT2D eigenvalue weighted by Gasteiger charge is -2.24. The molecular weight excluding hydrogens is 493 g/mol. The summed E-state index contributed by atoms with van der Waals surface area (Å²) in [5.74, 6) is -1.45. The third-order valence-electron chi connectivity index (χ3n) is 7.14. The summed E-state index contributed by atoms with van der Waals surface area (Å²) in [6.45, 7) is 4.28. The highest BCUT2D eigenvalue weighted by atomic mass is 32.2. The minimum Gasteiger partial charge on any atom is -0.350 e. The molecule has 0 aliphatic carbocycles. The maximum Gasteiger partial charge on any atom is 0.259 e. The Morgan fingerprint density at radius 1 is 1.05 bits per heavy atom. The van der Waals surface area contributed by atoms with Gasteiger partial charge in [-0.2, -0.15) is 0 Å². The van der Waals surface area contributed by atoms with Gasteiger partial charge in [-0.25, -0.2) is 12.8 Å². The summed E-state index contributed by atoms with van der Waals surface area (Å²) in [7, 11) is -4.08. The predicted octanol–water partition coefficient (Wildman–Crippen LogP) is 4.03. The van der Waals surface area contributed by atoms with Gasteiger partial charge in [0.15, 0.2) is 0 Å². The molecule has 0 aromatic heterocycles. The van der Waals surface area contributed by atoms with Crippen molar-refractivity contribution in [3.05, 3.63) is 89.2 Å². The first kappa shape index (κ1) is 25.1. The topological polar surface area (TPSA) is 86.8 Å². The third kappa shape index (κ3) is 4.65. The molecule has 5 rings (SSSR count). The molecule has 0 bridgehead atoms. The number of carbonyl (C=O) groups excluding carboxylic acids is 2. The monoisotopic (exact) mass is 521 g/mol. The zero-order valence-electron chi connectivity index (χ0n) is 20.5. The summed E-state index contributed by atoms with van der Waals surface area (Å²) in [6, 6.07) is 16.5. The summed E-state index contributed by atoms with van der Waals surface area (Å²) in [5, 5.41) is 2.96. The van der Waals surface area contributed by atoms with E-state index in [1.807, 2.05) is 0 Å². The van der Waals surface area contributed by atoms with Crippen LogP contribution in [0.15, 0.2) is 76.5 Å². The van der Waals surface area contributed by atoms with E-state index >= 15 is 0 Å². The highest BCUT2D eigenvalue weighted by Gasteiger charge is 2.36. The number of fused-ring (bicyclic) bond motifs is 2. The Bertz CT molecular complexity index is 1470. The maximum absolute atomic E-state index is 14.6. The second kappa shape index (κ2) is 10.1. The number of sulfone groups is 1. The van der Waals surface area contributed by atoms with Crippen LogP contribution in [0.5, 0.6) is 0 Å². The quantitative estimate of drug-likeness (QED) is 0.529. The summed E-state index contributed by atoms with van der Waals surface area (Å²) in [5.41, 5.74) is 0.511. The fourth-order valence-electron chi connectivity index (χ4n) is 5.16. The number of anilines is 1. The van der Waals surface area contributed by atoms with Gasteiger partial charge in [0.05, 0.1) is 27.6 Å². The smallest absolute Gasteiger partial charge is 0.259 e. The van der Waals surface area contributed by atoms with E-state index in [9.17, 15) is 22.4 Å². The first-order valence-corrected chi connectivity index (χ1v) is 13.8. The van der Waals surface area contributed by atoms with Gasteiger partial charge in [-0.05, 0) is 62.3 Å². The molecule has 2 amide bonds. The van der Waals surface area contributed by atoms with Crippen LogP contribution >= 0.6 is 0 Å². The molecule has 0 saturated carbocycles. The molecule has 0 radical (unpaired) electrons. The molecule has 37 heavy (non-hydrogen) atoms. The van der Waals surface area contributed by atoms with E-state index in [2.05, 4.69) is 17.1 Å². The van der Waals surface area contributed by atoms with Crippen LogP contribution in [-0.2, 0) is 16.4 Å². The number of rotatable bonds is 6. The van der Waals surface area contributed by atoms with Crippen molar-refractivity contribution in [2.45, 2.75) is 42.1 Å². The van der Waals surface area contributed by atoms with Crippen molar-refractivity contribution < 1.29 is 22.4 Å². The molecule has 3 aromatic rings. The Morgan fingerprint density at radius 2 is 1.81 bits per heavy atom. The van der Waals surface area contributed by atoms with Gasteiger partial charge < -0.3 is 10.2 Å². The Labute approximate surface area is 215 Å². The van der Waals surface area contributed by atoms with Crippen LogP contribution in [-0.4, -0.2) is 50.8 Å². The van der Waals surface area contributed by atoms with Crippen molar-refractivity contribution in [1.82, 2.24) is 10.2 Å². The summed E-state index contributed by atoms with van der Waals surface area (Å²) >= 11 is 0. The standard InChI is InChI=1S/C28H28FN3O4S/c1-2-31-15-7-9-21(31)17-30-27(33)19-13-14-26-24(16-19)32(18-20-8-3-5-11-23(20)29)28(34)22-10-4-6-12-25(22)37(26,35)36/h3-6,8,10-14,16,21H,2,7,9,15,17-18H2,1H3,(H,30,33)/t21-/m0/s1. The Morgan fingerprint density at radius 3 is 2.59 bits per heavy atom. The summed E-state index contributed by atoms with van der Waals surface area (Å²) in [6.07, 6.45) is 2.08. The maximum atomic E-state index is 14.6. The fraction of sp³-hybridized carbons (Fsp3) is 0.286. The minimum atomic E-state index is -4.08. The van der Waals surface area contributed by atoms with Gasteiger partial charge in [-0.1, -0.05) is 37.3 Å². The number of amides is 2. The highest BCUT2D eigenvalue weighted by Crippen LogP contribution is 2.38. The number of carbonyl (C=O) groups is 2. The predicted molar refractivity (Wildman–Crippen MR) is 138 cm³/mol. The number of likely N-dealkylation sites (N-methyl/N-ethyl adjacent to an activating group) is 1. The molecule has 1 N–H and O–H groups in total. The molecule has 7 nitrogen and oxygen atoms in total. The molecule has 1 fully saturated rings. The zero-order chi connectivity index (χ0) is 26.2. The number of hydrogen-bond donors (Lipinski definition) is 1. The minimum absolute atomic E-state index is 0.00179. The average Bonchev–Trinajstić information content (AvgIpc) is 3.36. The van der Waals surface area contributed by atoms with Crippen molar-refractivity contribution in [2.75, 3.05) is 24.5 Å². The molecule has 2 heterocycles. The Kier molecular flexibility index (Phi) is 6.83. The Hall–Kier alpha value is -3.56.